The Bertz CT molecular complexity index is 954. The number of aromatic nitrogens is 2. The normalized spacial score (nSPS) is 11.8. The van der Waals surface area contributed by atoms with E-state index in [1.807, 2.05) is 37.3 Å². The minimum atomic E-state index is -1.46. The summed E-state index contributed by atoms with van der Waals surface area (Å²) < 4.78 is 22.5. The predicted molar refractivity (Wildman–Crippen MR) is 103 cm³/mol. The second-order valence-electron chi connectivity index (χ2n) is 5.89. The van der Waals surface area contributed by atoms with E-state index in [2.05, 4.69) is 15.5 Å². The van der Waals surface area contributed by atoms with Crippen LogP contribution in [-0.2, 0) is 21.3 Å². The fraction of sp³-hybridized carbons (Fsp3) is 0.211. The minimum Gasteiger partial charge on any atom is -0.497 e. The molecule has 0 aliphatic heterocycles. The molecule has 0 spiro atoms. The number of carbonyl (C=O) groups is 1. The second kappa shape index (κ2) is 8.59. The Labute approximate surface area is 159 Å². The van der Waals surface area contributed by atoms with Gasteiger partial charge in [-0.05, 0) is 31.2 Å². The molecule has 1 heterocycles. The number of nitrogens with zero attached hydrogens (tertiary/aromatic N) is 2. The van der Waals surface area contributed by atoms with E-state index in [0.717, 1.165) is 11.1 Å². The maximum absolute atomic E-state index is 12.2. The highest BCUT2D eigenvalue weighted by atomic mass is 32.2. The Kier molecular flexibility index (Phi) is 5.97. The fourth-order valence-electron chi connectivity index (χ4n) is 2.36. The number of anilines is 1. The van der Waals surface area contributed by atoms with Gasteiger partial charge in [0, 0.05) is 22.1 Å². The fourth-order valence-corrected chi connectivity index (χ4v) is 3.22. The average Bonchev–Trinajstić information content (AvgIpc) is 3.12. The van der Waals surface area contributed by atoms with Gasteiger partial charge in [-0.1, -0.05) is 35.0 Å². The van der Waals surface area contributed by atoms with E-state index in [4.69, 9.17) is 9.26 Å². The number of rotatable bonds is 7. The van der Waals surface area contributed by atoms with Crippen molar-refractivity contribution in [3.8, 4) is 17.1 Å². The van der Waals surface area contributed by atoms with Crippen molar-refractivity contribution < 1.29 is 18.3 Å². The molecule has 0 fully saturated rings. The van der Waals surface area contributed by atoms with Gasteiger partial charge in [0.05, 0.1) is 7.11 Å². The number of nitrogens with one attached hydrogen (secondary N) is 1. The van der Waals surface area contributed by atoms with Crippen molar-refractivity contribution in [1.29, 1.82) is 0 Å². The number of aryl methyl sites for hydroxylation is 1. The van der Waals surface area contributed by atoms with Crippen LogP contribution in [0.15, 0.2) is 53.1 Å². The Morgan fingerprint density at radius 2 is 2.00 bits per heavy atom. The van der Waals surface area contributed by atoms with Gasteiger partial charge in [0.25, 0.3) is 0 Å². The SMILES string of the molecule is COc1cccc(-c2noc(CS(=O)CC(=O)Nc3ccc(C)cc3)n2)c1. The summed E-state index contributed by atoms with van der Waals surface area (Å²) in [4.78, 5) is 16.2. The summed E-state index contributed by atoms with van der Waals surface area (Å²) in [6.45, 7) is 1.96. The highest BCUT2D eigenvalue weighted by Crippen LogP contribution is 2.21. The highest BCUT2D eigenvalue weighted by Gasteiger charge is 2.15. The summed E-state index contributed by atoms with van der Waals surface area (Å²) in [6.07, 6.45) is 0. The third kappa shape index (κ3) is 5.24. The van der Waals surface area contributed by atoms with Gasteiger partial charge in [-0.2, -0.15) is 4.98 Å². The van der Waals surface area contributed by atoms with Gasteiger partial charge in [0.1, 0.15) is 17.3 Å². The van der Waals surface area contributed by atoms with Crippen molar-refractivity contribution in [3.05, 3.63) is 60.0 Å². The third-order valence-corrected chi connectivity index (χ3v) is 4.86. The van der Waals surface area contributed by atoms with Gasteiger partial charge in [-0.25, -0.2) is 0 Å². The molecule has 0 saturated heterocycles. The molecule has 1 atom stereocenters. The number of benzene rings is 2. The van der Waals surface area contributed by atoms with Crippen LogP contribution >= 0.6 is 0 Å². The Morgan fingerprint density at radius 3 is 2.74 bits per heavy atom. The molecule has 2 aromatic carbocycles. The van der Waals surface area contributed by atoms with Gasteiger partial charge in [0.2, 0.25) is 17.6 Å². The lowest BCUT2D eigenvalue weighted by Crippen LogP contribution is -2.20. The monoisotopic (exact) mass is 385 g/mol. The molecule has 27 heavy (non-hydrogen) atoms. The summed E-state index contributed by atoms with van der Waals surface area (Å²) in [6, 6.07) is 14.6. The topological polar surface area (TPSA) is 94.3 Å². The highest BCUT2D eigenvalue weighted by molar-refractivity contribution is 7.84. The van der Waals surface area contributed by atoms with Gasteiger partial charge in [0.15, 0.2) is 0 Å². The van der Waals surface area contributed by atoms with E-state index >= 15 is 0 Å². The quantitative estimate of drug-likeness (QED) is 0.672. The lowest BCUT2D eigenvalue weighted by molar-refractivity contribution is -0.113. The van der Waals surface area contributed by atoms with Crippen LogP contribution < -0.4 is 10.1 Å². The first-order valence-electron chi connectivity index (χ1n) is 8.22. The molecular formula is C19H19N3O4S. The zero-order valence-electron chi connectivity index (χ0n) is 15.0. The first kappa shape index (κ1) is 18.8. The lowest BCUT2D eigenvalue weighted by atomic mass is 10.2. The molecule has 3 aromatic rings. The van der Waals surface area contributed by atoms with Gasteiger partial charge >= 0.3 is 0 Å². The molecule has 0 aliphatic rings. The Balaban J connectivity index is 1.57. The summed E-state index contributed by atoms with van der Waals surface area (Å²) >= 11 is 0. The van der Waals surface area contributed by atoms with Crippen LogP contribution in [0.5, 0.6) is 5.75 Å². The zero-order valence-corrected chi connectivity index (χ0v) is 15.8. The van der Waals surface area contributed by atoms with E-state index in [-0.39, 0.29) is 23.3 Å². The van der Waals surface area contributed by atoms with E-state index in [9.17, 15) is 9.00 Å². The van der Waals surface area contributed by atoms with Crippen LogP contribution in [0.2, 0.25) is 0 Å². The minimum absolute atomic E-state index is 0.0122. The number of amides is 1. The Hall–Kier alpha value is -3.00. The molecule has 8 heteroatoms. The zero-order chi connectivity index (χ0) is 19.2. The van der Waals surface area contributed by atoms with Crippen molar-refractivity contribution in [1.82, 2.24) is 10.1 Å². The number of hydrogen-bond donors (Lipinski definition) is 1. The molecule has 1 N–H and O–H groups in total. The molecule has 140 valence electrons. The van der Waals surface area contributed by atoms with Gasteiger partial charge < -0.3 is 14.6 Å². The molecule has 1 unspecified atom stereocenters. The largest absolute Gasteiger partial charge is 0.497 e. The number of hydrogen-bond acceptors (Lipinski definition) is 6. The molecule has 0 aliphatic carbocycles. The summed E-state index contributed by atoms with van der Waals surface area (Å²) in [5.74, 6) is 0.808. The van der Waals surface area contributed by atoms with E-state index < -0.39 is 10.8 Å². The van der Waals surface area contributed by atoms with Crippen LogP contribution in [0.4, 0.5) is 5.69 Å². The maximum atomic E-state index is 12.2. The summed E-state index contributed by atoms with van der Waals surface area (Å²) in [7, 11) is 0.114. The van der Waals surface area contributed by atoms with Crippen LogP contribution in [0.1, 0.15) is 11.5 Å². The van der Waals surface area contributed by atoms with Gasteiger partial charge in [-0.3, -0.25) is 9.00 Å². The van der Waals surface area contributed by atoms with Crippen LogP contribution in [0, 0.1) is 6.92 Å². The molecule has 0 bridgehead atoms. The van der Waals surface area contributed by atoms with Crippen LogP contribution in [0.25, 0.3) is 11.4 Å². The van der Waals surface area contributed by atoms with E-state index in [1.165, 1.54) is 0 Å². The van der Waals surface area contributed by atoms with E-state index in [0.29, 0.717) is 17.3 Å². The first-order chi connectivity index (χ1) is 13.0. The smallest absolute Gasteiger partial charge is 0.239 e. The van der Waals surface area contributed by atoms with Crippen LogP contribution in [0.3, 0.4) is 0 Å². The molecule has 0 radical (unpaired) electrons. The lowest BCUT2D eigenvalue weighted by Gasteiger charge is -2.04. The molecule has 3 rings (SSSR count). The number of ether oxygens (including phenoxy) is 1. The maximum Gasteiger partial charge on any atom is 0.239 e. The van der Waals surface area contributed by atoms with Crippen LogP contribution in [-0.4, -0.2) is 33.1 Å². The van der Waals surface area contributed by atoms with Gasteiger partial charge in [-0.15, -0.1) is 0 Å². The van der Waals surface area contributed by atoms with Crippen molar-refractivity contribution in [2.75, 3.05) is 18.2 Å². The first-order valence-corrected chi connectivity index (χ1v) is 9.71. The third-order valence-electron chi connectivity index (χ3n) is 3.71. The van der Waals surface area contributed by atoms with Crippen molar-refractivity contribution in [2.45, 2.75) is 12.7 Å². The standard InChI is InChI=1S/C19H19N3O4S/c1-13-6-8-15(9-7-13)20-17(23)11-27(24)12-18-21-19(22-26-18)14-4-3-5-16(10-14)25-2/h3-10H,11-12H2,1-2H3,(H,20,23). The predicted octanol–water partition coefficient (Wildman–Crippen LogP) is 2.94. The van der Waals surface area contributed by atoms with Crippen molar-refractivity contribution >= 4 is 22.4 Å². The van der Waals surface area contributed by atoms with Crippen molar-refractivity contribution in [3.63, 3.8) is 0 Å². The molecule has 1 amide bonds. The number of carbonyl (C=O) groups excluding carboxylic acids is 1. The molecular weight excluding hydrogens is 366 g/mol. The summed E-state index contributed by atoms with van der Waals surface area (Å²) in [5.41, 5.74) is 2.49. The summed E-state index contributed by atoms with van der Waals surface area (Å²) in [5, 5.41) is 6.61. The Morgan fingerprint density at radius 1 is 1.22 bits per heavy atom. The van der Waals surface area contributed by atoms with Crippen molar-refractivity contribution in [2.24, 2.45) is 0 Å². The molecule has 0 saturated carbocycles. The molecule has 7 nitrogen and oxygen atoms in total. The second-order valence-corrected chi connectivity index (χ2v) is 7.34. The molecule has 1 aromatic heterocycles. The average molecular weight is 385 g/mol. The number of methoxy groups -OCH3 is 1. The van der Waals surface area contributed by atoms with E-state index in [1.54, 1.807) is 25.3 Å².